The van der Waals surface area contributed by atoms with Crippen molar-refractivity contribution in [1.29, 1.82) is 0 Å². The van der Waals surface area contributed by atoms with E-state index in [0.717, 1.165) is 19.3 Å². The Morgan fingerprint density at radius 2 is 2.08 bits per heavy atom. The molecule has 2 nitrogen and oxygen atoms in total. The molecule has 2 atom stereocenters. The number of rotatable bonds is 6. The second kappa shape index (κ2) is 6.18. The summed E-state index contributed by atoms with van der Waals surface area (Å²) in [5.74, 6) is 0.333. The largest absolute Gasteiger partial charge is 0.392 e. The summed E-state index contributed by atoms with van der Waals surface area (Å²) in [7, 11) is 0. The third-order valence-electron chi connectivity index (χ3n) is 2.17. The summed E-state index contributed by atoms with van der Waals surface area (Å²) in [6.45, 7) is 5.66. The normalized spacial score (nSPS) is 15.7. The van der Waals surface area contributed by atoms with Gasteiger partial charge in [0.15, 0.2) is 0 Å². The average molecular weight is 172 g/mol. The van der Waals surface area contributed by atoms with Crippen molar-refractivity contribution < 1.29 is 9.90 Å². The molecule has 0 aliphatic heterocycles. The predicted molar refractivity (Wildman–Crippen MR) is 50.0 cm³/mol. The molecule has 1 N–H and O–H groups in total. The number of aliphatic hydroxyl groups is 1. The van der Waals surface area contributed by atoms with E-state index in [9.17, 15) is 9.90 Å². The Morgan fingerprint density at radius 1 is 1.50 bits per heavy atom. The fourth-order valence-electron chi connectivity index (χ4n) is 1.21. The average Bonchev–Trinajstić information content (AvgIpc) is 1.98. The zero-order valence-corrected chi connectivity index (χ0v) is 8.34. The van der Waals surface area contributed by atoms with Crippen molar-refractivity contribution in [3.8, 4) is 0 Å². The van der Waals surface area contributed by atoms with Gasteiger partial charge < -0.3 is 5.11 Å². The van der Waals surface area contributed by atoms with Gasteiger partial charge in [0.1, 0.15) is 5.78 Å². The van der Waals surface area contributed by atoms with Crippen molar-refractivity contribution in [2.75, 3.05) is 0 Å². The molecule has 0 saturated carbocycles. The van der Waals surface area contributed by atoms with Crippen LogP contribution in [-0.4, -0.2) is 17.0 Å². The van der Waals surface area contributed by atoms with Gasteiger partial charge in [-0.3, -0.25) is 4.79 Å². The van der Waals surface area contributed by atoms with Crippen molar-refractivity contribution in [3.63, 3.8) is 0 Å². The Bertz CT molecular complexity index is 132. The highest BCUT2D eigenvalue weighted by molar-refractivity contribution is 5.75. The fourth-order valence-corrected chi connectivity index (χ4v) is 1.21. The van der Waals surface area contributed by atoms with Crippen LogP contribution in [0.1, 0.15) is 46.5 Å². The van der Waals surface area contributed by atoms with Crippen molar-refractivity contribution in [2.24, 2.45) is 5.92 Å². The Balaban J connectivity index is 3.60. The smallest absolute Gasteiger partial charge is 0.132 e. The van der Waals surface area contributed by atoms with Gasteiger partial charge in [-0.2, -0.15) is 0 Å². The molecule has 0 aromatic rings. The highest BCUT2D eigenvalue weighted by Crippen LogP contribution is 2.14. The van der Waals surface area contributed by atoms with E-state index in [1.54, 1.807) is 0 Å². The molecule has 0 aromatic heterocycles. The molecule has 0 aromatic carbocycles. The van der Waals surface area contributed by atoms with Gasteiger partial charge in [0, 0.05) is 6.42 Å². The van der Waals surface area contributed by atoms with Crippen LogP contribution in [0.3, 0.4) is 0 Å². The van der Waals surface area contributed by atoms with Crippen LogP contribution in [0.5, 0.6) is 0 Å². The molecule has 2 unspecified atom stereocenters. The highest BCUT2D eigenvalue weighted by atomic mass is 16.3. The second-order valence-corrected chi connectivity index (χ2v) is 3.59. The van der Waals surface area contributed by atoms with Gasteiger partial charge in [0.25, 0.3) is 0 Å². The lowest BCUT2D eigenvalue weighted by atomic mass is 9.95. The molecule has 0 amide bonds. The third kappa shape index (κ3) is 5.30. The second-order valence-electron chi connectivity index (χ2n) is 3.59. The van der Waals surface area contributed by atoms with Crippen LogP contribution in [-0.2, 0) is 4.79 Å². The van der Waals surface area contributed by atoms with Crippen LogP contribution in [0.4, 0.5) is 0 Å². The number of carbonyl (C=O) groups excluding carboxylic acids is 1. The van der Waals surface area contributed by atoms with E-state index in [0.29, 0.717) is 6.42 Å². The zero-order chi connectivity index (χ0) is 9.56. The number of hydrogen-bond acceptors (Lipinski definition) is 2. The molecule has 72 valence electrons. The summed E-state index contributed by atoms with van der Waals surface area (Å²) in [6.07, 6.45) is 3.18. The van der Waals surface area contributed by atoms with Gasteiger partial charge >= 0.3 is 0 Å². The zero-order valence-electron chi connectivity index (χ0n) is 8.34. The van der Waals surface area contributed by atoms with Gasteiger partial charge in [-0.05, 0) is 19.3 Å². The summed E-state index contributed by atoms with van der Waals surface area (Å²) in [4.78, 5) is 10.7. The van der Waals surface area contributed by atoms with Crippen LogP contribution in [0.2, 0.25) is 0 Å². The summed E-state index contributed by atoms with van der Waals surface area (Å²) < 4.78 is 0. The van der Waals surface area contributed by atoms with E-state index in [-0.39, 0.29) is 11.7 Å². The molecular formula is C10H20O2. The Labute approximate surface area is 75.0 Å². The van der Waals surface area contributed by atoms with Crippen molar-refractivity contribution in [1.82, 2.24) is 0 Å². The fraction of sp³-hybridized carbons (Fsp3) is 0.900. The van der Waals surface area contributed by atoms with Crippen LogP contribution in [0, 0.1) is 5.92 Å². The lowest BCUT2D eigenvalue weighted by molar-refractivity contribution is -0.119. The van der Waals surface area contributed by atoms with Gasteiger partial charge in [0.05, 0.1) is 6.10 Å². The quantitative estimate of drug-likeness (QED) is 0.666. The standard InChI is InChI=1S/C10H20O2/c1-4-5-6-8(2)10(12)7-9(3)11/h8,10,12H,4-7H2,1-3H3. The van der Waals surface area contributed by atoms with Crippen molar-refractivity contribution in [3.05, 3.63) is 0 Å². The Kier molecular flexibility index (Phi) is 5.99. The molecule has 0 rings (SSSR count). The molecular weight excluding hydrogens is 152 g/mol. The molecule has 0 radical (unpaired) electrons. The lowest BCUT2D eigenvalue weighted by Crippen LogP contribution is -2.20. The first-order valence-electron chi connectivity index (χ1n) is 4.75. The summed E-state index contributed by atoms with van der Waals surface area (Å²) >= 11 is 0. The number of hydrogen-bond donors (Lipinski definition) is 1. The van der Waals surface area contributed by atoms with Gasteiger partial charge in [-0.1, -0.05) is 26.7 Å². The van der Waals surface area contributed by atoms with E-state index in [1.807, 2.05) is 6.92 Å². The summed E-state index contributed by atoms with van der Waals surface area (Å²) in [5, 5.41) is 9.49. The predicted octanol–water partition coefficient (Wildman–Crippen LogP) is 2.15. The molecule has 0 bridgehead atoms. The minimum Gasteiger partial charge on any atom is -0.392 e. The van der Waals surface area contributed by atoms with Crippen molar-refractivity contribution >= 4 is 5.78 Å². The van der Waals surface area contributed by atoms with Gasteiger partial charge in [-0.15, -0.1) is 0 Å². The number of ketones is 1. The summed E-state index contributed by atoms with van der Waals surface area (Å²) in [6, 6.07) is 0. The maximum Gasteiger partial charge on any atom is 0.132 e. The lowest BCUT2D eigenvalue weighted by Gasteiger charge is -2.16. The maximum atomic E-state index is 10.7. The summed E-state index contributed by atoms with van der Waals surface area (Å²) in [5.41, 5.74) is 0. The van der Waals surface area contributed by atoms with Crippen molar-refractivity contribution in [2.45, 2.75) is 52.6 Å². The maximum absolute atomic E-state index is 10.7. The Morgan fingerprint density at radius 3 is 2.50 bits per heavy atom. The number of aliphatic hydroxyl groups excluding tert-OH is 1. The topological polar surface area (TPSA) is 37.3 Å². The number of carbonyl (C=O) groups is 1. The molecule has 0 aliphatic carbocycles. The van der Waals surface area contributed by atoms with E-state index in [2.05, 4.69) is 6.92 Å². The first kappa shape index (κ1) is 11.6. The monoisotopic (exact) mass is 172 g/mol. The molecule has 0 spiro atoms. The third-order valence-corrected chi connectivity index (χ3v) is 2.17. The van der Waals surface area contributed by atoms with Crippen LogP contribution in [0.25, 0.3) is 0 Å². The van der Waals surface area contributed by atoms with Crippen LogP contribution < -0.4 is 0 Å². The first-order chi connectivity index (χ1) is 5.57. The first-order valence-corrected chi connectivity index (χ1v) is 4.75. The molecule has 0 fully saturated rings. The van der Waals surface area contributed by atoms with Crippen LogP contribution in [0.15, 0.2) is 0 Å². The highest BCUT2D eigenvalue weighted by Gasteiger charge is 2.14. The molecule has 2 heteroatoms. The Hall–Kier alpha value is -0.370. The van der Waals surface area contributed by atoms with Gasteiger partial charge in [-0.25, -0.2) is 0 Å². The number of unbranched alkanes of at least 4 members (excludes halogenated alkanes) is 1. The van der Waals surface area contributed by atoms with E-state index in [1.165, 1.54) is 6.92 Å². The van der Waals surface area contributed by atoms with E-state index < -0.39 is 6.10 Å². The molecule has 12 heavy (non-hydrogen) atoms. The van der Waals surface area contributed by atoms with Crippen LogP contribution >= 0.6 is 0 Å². The SMILES string of the molecule is CCCCC(C)C(O)CC(C)=O. The van der Waals surface area contributed by atoms with E-state index in [4.69, 9.17) is 0 Å². The van der Waals surface area contributed by atoms with E-state index >= 15 is 0 Å². The molecule has 0 saturated heterocycles. The molecule has 0 heterocycles. The van der Waals surface area contributed by atoms with Gasteiger partial charge in [0.2, 0.25) is 0 Å². The number of Topliss-reactive ketones (excluding diaryl/α,β-unsaturated/α-hetero) is 1. The molecule has 0 aliphatic rings. The minimum atomic E-state index is -0.436. The minimum absolute atomic E-state index is 0.0749.